The molecule has 0 unspecified atom stereocenters. The van der Waals surface area contributed by atoms with E-state index in [4.69, 9.17) is 11.6 Å². The van der Waals surface area contributed by atoms with E-state index in [-0.39, 0.29) is 24.4 Å². The summed E-state index contributed by atoms with van der Waals surface area (Å²) >= 11 is 5.58. The Kier molecular flexibility index (Phi) is 3.77. The summed E-state index contributed by atoms with van der Waals surface area (Å²) in [5.41, 5.74) is 0.778. The lowest BCUT2D eigenvalue weighted by atomic mass is 10.1. The maximum absolute atomic E-state index is 11.2. The highest BCUT2D eigenvalue weighted by atomic mass is 35.5. The van der Waals surface area contributed by atoms with Crippen LogP contribution in [0.2, 0.25) is 5.15 Å². The van der Waals surface area contributed by atoms with Gasteiger partial charge in [0.25, 0.3) is 0 Å². The smallest absolute Gasteiger partial charge is 0.144 e. The Balaban J connectivity index is 2.56. The molecule has 0 aliphatic carbocycles. The van der Waals surface area contributed by atoms with Gasteiger partial charge in [-0.1, -0.05) is 17.7 Å². The summed E-state index contributed by atoms with van der Waals surface area (Å²) in [5, 5.41) is 0.396. The fraction of sp³-hybridized carbons (Fsp3) is 0.300. The molecule has 0 saturated carbocycles. The summed E-state index contributed by atoms with van der Waals surface area (Å²) < 4.78 is 0. The minimum Gasteiger partial charge on any atom is -0.300 e. The van der Waals surface area contributed by atoms with Crippen molar-refractivity contribution >= 4 is 23.2 Å². The van der Waals surface area contributed by atoms with Crippen molar-refractivity contribution < 1.29 is 9.59 Å². The summed E-state index contributed by atoms with van der Waals surface area (Å²) in [6.07, 6.45) is 1.77. The fourth-order valence-electron chi connectivity index (χ4n) is 1.08. The van der Waals surface area contributed by atoms with E-state index >= 15 is 0 Å². The molecule has 14 heavy (non-hydrogen) atoms. The van der Waals surface area contributed by atoms with E-state index < -0.39 is 0 Å². The number of carbonyl (C=O) groups excluding carboxylic acids is 2. The van der Waals surface area contributed by atoms with E-state index in [9.17, 15) is 9.59 Å². The molecule has 3 nitrogen and oxygen atoms in total. The van der Waals surface area contributed by atoms with Crippen LogP contribution in [-0.2, 0) is 16.0 Å². The first kappa shape index (κ1) is 10.9. The molecule has 0 aliphatic heterocycles. The second-order valence-corrected chi connectivity index (χ2v) is 3.47. The SMILES string of the molecule is CC(=O)CC(=O)Cc1ccc(Cl)nc1. The van der Waals surface area contributed by atoms with Crippen LogP contribution < -0.4 is 0 Å². The standard InChI is InChI=1S/C10H10ClNO2/c1-7(13)4-9(14)5-8-2-3-10(11)12-6-8/h2-3,6H,4-5H2,1H3. The third kappa shape index (κ3) is 3.66. The van der Waals surface area contributed by atoms with Crippen LogP contribution in [0.3, 0.4) is 0 Å². The highest BCUT2D eigenvalue weighted by Gasteiger charge is 2.06. The predicted molar refractivity (Wildman–Crippen MR) is 53.3 cm³/mol. The van der Waals surface area contributed by atoms with Crippen LogP contribution in [0.25, 0.3) is 0 Å². The van der Waals surface area contributed by atoms with Gasteiger partial charge in [-0.3, -0.25) is 9.59 Å². The van der Waals surface area contributed by atoms with Crippen molar-refractivity contribution in [1.82, 2.24) is 4.98 Å². The number of ketones is 2. The topological polar surface area (TPSA) is 47.0 Å². The average Bonchev–Trinajstić information content (AvgIpc) is 2.07. The van der Waals surface area contributed by atoms with Crippen LogP contribution in [0.5, 0.6) is 0 Å². The fourth-order valence-corrected chi connectivity index (χ4v) is 1.19. The second kappa shape index (κ2) is 4.86. The van der Waals surface area contributed by atoms with Crippen molar-refractivity contribution in [3.05, 3.63) is 29.0 Å². The van der Waals surface area contributed by atoms with E-state index in [1.54, 1.807) is 18.3 Å². The van der Waals surface area contributed by atoms with Crippen LogP contribution in [0.4, 0.5) is 0 Å². The number of hydrogen-bond donors (Lipinski definition) is 0. The first-order valence-electron chi connectivity index (χ1n) is 4.19. The maximum atomic E-state index is 11.2. The molecule has 1 aromatic heterocycles. The van der Waals surface area contributed by atoms with E-state index in [0.29, 0.717) is 5.15 Å². The number of halogens is 1. The molecular weight excluding hydrogens is 202 g/mol. The zero-order valence-electron chi connectivity index (χ0n) is 7.79. The molecule has 0 N–H and O–H groups in total. The Morgan fingerprint density at radius 1 is 1.43 bits per heavy atom. The van der Waals surface area contributed by atoms with Gasteiger partial charge in [0.2, 0.25) is 0 Å². The Hall–Kier alpha value is -1.22. The zero-order chi connectivity index (χ0) is 10.6. The first-order valence-corrected chi connectivity index (χ1v) is 4.57. The molecule has 4 heteroatoms. The van der Waals surface area contributed by atoms with Crippen LogP contribution in [-0.4, -0.2) is 16.6 Å². The molecule has 74 valence electrons. The van der Waals surface area contributed by atoms with Gasteiger partial charge in [-0.15, -0.1) is 0 Å². The highest BCUT2D eigenvalue weighted by Crippen LogP contribution is 2.06. The van der Waals surface area contributed by atoms with E-state index in [2.05, 4.69) is 4.98 Å². The molecule has 0 saturated heterocycles. The van der Waals surface area contributed by atoms with Gasteiger partial charge in [-0.25, -0.2) is 4.98 Å². The van der Waals surface area contributed by atoms with Crippen LogP contribution in [0.1, 0.15) is 18.9 Å². The average molecular weight is 212 g/mol. The molecule has 0 fully saturated rings. The van der Waals surface area contributed by atoms with Gasteiger partial charge in [0, 0.05) is 12.6 Å². The molecule has 0 aromatic carbocycles. The Bertz CT molecular complexity index is 346. The van der Waals surface area contributed by atoms with Gasteiger partial charge in [-0.2, -0.15) is 0 Å². The number of aromatic nitrogens is 1. The summed E-state index contributed by atoms with van der Waals surface area (Å²) in [6, 6.07) is 3.35. The van der Waals surface area contributed by atoms with Crippen molar-refractivity contribution in [3.8, 4) is 0 Å². The van der Waals surface area contributed by atoms with Gasteiger partial charge >= 0.3 is 0 Å². The summed E-state index contributed by atoms with van der Waals surface area (Å²) in [6.45, 7) is 1.40. The lowest BCUT2D eigenvalue weighted by Gasteiger charge is -1.98. The summed E-state index contributed by atoms with van der Waals surface area (Å²) in [7, 11) is 0. The van der Waals surface area contributed by atoms with Crippen molar-refractivity contribution in [2.75, 3.05) is 0 Å². The number of hydrogen-bond acceptors (Lipinski definition) is 3. The molecule has 0 aliphatic rings. The lowest BCUT2D eigenvalue weighted by Crippen LogP contribution is -2.07. The quantitative estimate of drug-likeness (QED) is 0.564. The molecule has 1 rings (SSSR count). The van der Waals surface area contributed by atoms with Crippen molar-refractivity contribution in [1.29, 1.82) is 0 Å². The van der Waals surface area contributed by atoms with Gasteiger partial charge < -0.3 is 0 Å². The lowest BCUT2D eigenvalue weighted by molar-refractivity contribution is -0.125. The monoisotopic (exact) mass is 211 g/mol. The molecule has 0 bridgehead atoms. The Morgan fingerprint density at radius 3 is 2.64 bits per heavy atom. The minimum absolute atomic E-state index is 0.0113. The van der Waals surface area contributed by atoms with Crippen molar-refractivity contribution in [2.24, 2.45) is 0 Å². The second-order valence-electron chi connectivity index (χ2n) is 3.08. The Morgan fingerprint density at radius 2 is 2.14 bits per heavy atom. The molecule has 0 atom stereocenters. The van der Waals surface area contributed by atoms with Crippen LogP contribution in [0, 0.1) is 0 Å². The van der Waals surface area contributed by atoms with Gasteiger partial charge in [0.1, 0.15) is 16.7 Å². The largest absolute Gasteiger partial charge is 0.300 e. The molecule has 0 radical (unpaired) electrons. The van der Waals surface area contributed by atoms with E-state index in [0.717, 1.165) is 5.56 Å². The Labute approximate surface area is 87.1 Å². The molecule has 1 aromatic rings. The molecule has 1 heterocycles. The number of nitrogens with zero attached hydrogens (tertiary/aromatic N) is 1. The van der Waals surface area contributed by atoms with Crippen LogP contribution in [0.15, 0.2) is 18.3 Å². The van der Waals surface area contributed by atoms with Crippen LogP contribution >= 0.6 is 11.6 Å². The van der Waals surface area contributed by atoms with E-state index in [1.165, 1.54) is 6.92 Å². The summed E-state index contributed by atoms with van der Waals surface area (Å²) in [5.74, 6) is -0.210. The number of carbonyl (C=O) groups is 2. The van der Waals surface area contributed by atoms with Crippen molar-refractivity contribution in [2.45, 2.75) is 19.8 Å². The number of Topliss-reactive ketones (excluding diaryl/α,β-unsaturated/α-hetero) is 2. The van der Waals surface area contributed by atoms with Gasteiger partial charge in [-0.05, 0) is 18.6 Å². The van der Waals surface area contributed by atoms with Gasteiger partial charge in [0.05, 0.1) is 6.42 Å². The third-order valence-electron chi connectivity index (χ3n) is 1.64. The summed E-state index contributed by atoms with van der Waals surface area (Å²) in [4.78, 5) is 25.7. The van der Waals surface area contributed by atoms with Crippen molar-refractivity contribution in [3.63, 3.8) is 0 Å². The first-order chi connectivity index (χ1) is 6.58. The number of rotatable bonds is 4. The molecule has 0 amide bonds. The highest BCUT2D eigenvalue weighted by molar-refractivity contribution is 6.29. The number of pyridine rings is 1. The third-order valence-corrected chi connectivity index (χ3v) is 1.86. The predicted octanol–water partition coefficient (Wildman–Crippen LogP) is 1.83. The minimum atomic E-state index is -0.114. The normalized spacial score (nSPS) is 9.86. The zero-order valence-corrected chi connectivity index (χ0v) is 8.54. The van der Waals surface area contributed by atoms with E-state index in [1.807, 2.05) is 0 Å². The maximum Gasteiger partial charge on any atom is 0.144 e. The molecule has 0 spiro atoms. The van der Waals surface area contributed by atoms with Gasteiger partial charge in [0.15, 0.2) is 0 Å². The molecular formula is C10H10ClNO2.